The number of nitrogens with zero attached hydrogens (tertiary/aromatic N) is 1. The molecule has 1 aromatic carbocycles. The maximum absolute atomic E-state index is 11.3. The van der Waals surface area contributed by atoms with Crippen LogP contribution < -0.4 is 34.1 Å². The smallest absolute Gasteiger partial charge is 0.336 e. The van der Waals surface area contributed by atoms with Gasteiger partial charge in [-0.15, -0.1) is 0 Å². The summed E-state index contributed by atoms with van der Waals surface area (Å²) in [6.45, 7) is 1.92. The molecule has 0 N–H and O–H groups in total. The monoisotopic (exact) mass is 345 g/mol. The third-order valence-electron chi connectivity index (χ3n) is 2.71. The standard InChI is InChI=1S/C13H16NO2.HI/c1-9-7-13(15)16-12-8-10(14(2,3)4)5-6-11(9)12;/h5-8H,1-4H3;1H/q+1;/p-1. The quantitative estimate of drug-likeness (QED) is 0.389. The Bertz CT molecular complexity index is 596. The molecule has 0 fully saturated rings. The van der Waals surface area contributed by atoms with Crippen molar-refractivity contribution < 1.29 is 28.4 Å². The van der Waals surface area contributed by atoms with Gasteiger partial charge >= 0.3 is 5.63 Å². The Balaban J connectivity index is 0.00000144. The van der Waals surface area contributed by atoms with Gasteiger partial charge in [0.25, 0.3) is 0 Å². The van der Waals surface area contributed by atoms with Crippen LogP contribution in [0.5, 0.6) is 0 Å². The minimum atomic E-state index is -0.288. The second-order valence-electron chi connectivity index (χ2n) is 4.94. The van der Waals surface area contributed by atoms with Crippen LogP contribution in [-0.4, -0.2) is 21.1 Å². The fourth-order valence-corrected chi connectivity index (χ4v) is 1.73. The fraction of sp³-hybridized carbons (Fsp3) is 0.308. The van der Waals surface area contributed by atoms with E-state index in [9.17, 15) is 4.79 Å². The van der Waals surface area contributed by atoms with E-state index in [1.807, 2.05) is 19.1 Å². The average molecular weight is 345 g/mol. The van der Waals surface area contributed by atoms with Crippen LogP contribution in [0.2, 0.25) is 0 Å². The topological polar surface area (TPSA) is 30.2 Å². The molecule has 2 rings (SSSR count). The number of hydrogen-bond donors (Lipinski definition) is 0. The van der Waals surface area contributed by atoms with Crippen LogP contribution in [0.4, 0.5) is 5.69 Å². The molecule has 0 bridgehead atoms. The van der Waals surface area contributed by atoms with E-state index >= 15 is 0 Å². The van der Waals surface area contributed by atoms with Gasteiger partial charge in [-0.05, 0) is 24.6 Å². The number of rotatable bonds is 1. The van der Waals surface area contributed by atoms with E-state index in [1.165, 1.54) is 6.07 Å². The van der Waals surface area contributed by atoms with Crippen molar-refractivity contribution in [3.8, 4) is 0 Å². The highest BCUT2D eigenvalue weighted by Crippen LogP contribution is 2.24. The molecule has 0 aliphatic rings. The molecule has 0 saturated heterocycles. The Morgan fingerprint density at radius 2 is 1.76 bits per heavy atom. The lowest BCUT2D eigenvalue weighted by molar-refractivity contribution is -0.00000416. The fourth-order valence-electron chi connectivity index (χ4n) is 1.73. The number of benzene rings is 1. The molecular formula is C13H16INO2. The Labute approximate surface area is 118 Å². The van der Waals surface area contributed by atoms with E-state index in [0.717, 1.165) is 16.6 Å². The summed E-state index contributed by atoms with van der Waals surface area (Å²) in [4.78, 5) is 11.3. The Morgan fingerprint density at radius 3 is 2.35 bits per heavy atom. The van der Waals surface area contributed by atoms with Gasteiger partial charge in [-0.25, -0.2) is 4.79 Å². The highest BCUT2D eigenvalue weighted by Gasteiger charge is 2.13. The van der Waals surface area contributed by atoms with Crippen LogP contribution in [0.25, 0.3) is 11.0 Å². The van der Waals surface area contributed by atoms with E-state index < -0.39 is 0 Å². The van der Waals surface area contributed by atoms with Gasteiger partial charge < -0.3 is 28.4 Å². The lowest BCUT2D eigenvalue weighted by Crippen LogP contribution is -3.00. The second kappa shape index (κ2) is 4.78. The first-order valence-electron chi connectivity index (χ1n) is 5.24. The molecule has 0 aliphatic carbocycles. The second-order valence-corrected chi connectivity index (χ2v) is 4.94. The van der Waals surface area contributed by atoms with Gasteiger partial charge in [-0.3, -0.25) is 4.48 Å². The van der Waals surface area contributed by atoms with Gasteiger partial charge in [-0.1, -0.05) is 0 Å². The van der Waals surface area contributed by atoms with Crippen LogP contribution in [0, 0.1) is 6.92 Å². The van der Waals surface area contributed by atoms with Crippen molar-refractivity contribution in [2.75, 3.05) is 21.1 Å². The van der Waals surface area contributed by atoms with Gasteiger partial charge in [0.2, 0.25) is 0 Å². The molecule has 0 spiro atoms. The molecule has 0 atom stereocenters. The average Bonchev–Trinajstić information content (AvgIpc) is 2.15. The summed E-state index contributed by atoms with van der Waals surface area (Å²) in [6.07, 6.45) is 0. The lowest BCUT2D eigenvalue weighted by atomic mass is 10.1. The maximum atomic E-state index is 11.3. The molecule has 2 aromatic rings. The first-order chi connectivity index (χ1) is 7.38. The minimum absolute atomic E-state index is 0. The predicted molar refractivity (Wildman–Crippen MR) is 66.8 cm³/mol. The molecule has 17 heavy (non-hydrogen) atoms. The molecule has 0 unspecified atom stereocenters. The largest absolute Gasteiger partial charge is 1.00 e. The van der Waals surface area contributed by atoms with E-state index in [4.69, 9.17) is 4.42 Å². The molecule has 1 aromatic heterocycles. The Hall–Kier alpha value is -0.880. The molecule has 0 saturated carbocycles. The summed E-state index contributed by atoms with van der Waals surface area (Å²) in [5, 5.41) is 0.997. The van der Waals surface area contributed by atoms with Crippen molar-refractivity contribution in [1.29, 1.82) is 0 Å². The zero-order valence-corrected chi connectivity index (χ0v) is 12.6. The first kappa shape index (κ1) is 14.2. The van der Waals surface area contributed by atoms with Crippen LogP contribution >= 0.6 is 0 Å². The highest BCUT2D eigenvalue weighted by atomic mass is 127. The van der Waals surface area contributed by atoms with E-state index in [2.05, 4.69) is 27.2 Å². The van der Waals surface area contributed by atoms with Crippen molar-refractivity contribution in [2.45, 2.75) is 6.92 Å². The Morgan fingerprint density at radius 1 is 1.12 bits per heavy atom. The number of aryl methyl sites for hydroxylation is 1. The first-order valence-corrected chi connectivity index (χ1v) is 5.24. The van der Waals surface area contributed by atoms with Crippen molar-refractivity contribution in [3.63, 3.8) is 0 Å². The van der Waals surface area contributed by atoms with E-state index in [0.29, 0.717) is 10.1 Å². The highest BCUT2D eigenvalue weighted by molar-refractivity contribution is 5.82. The molecular weight excluding hydrogens is 329 g/mol. The predicted octanol–water partition coefficient (Wildman–Crippen LogP) is -0.698. The van der Waals surface area contributed by atoms with Gasteiger partial charge in [0, 0.05) is 17.5 Å². The van der Waals surface area contributed by atoms with Crippen LogP contribution in [-0.2, 0) is 0 Å². The molecule has 3 nitrogen and oxygen atoms in total. The summed E-state index contributed by atoms with van der Waals surface area (Å²) in [5.41, 5.74) is 2.44. The zero-order chi connectivity index (χ0) is 11.9. The summed E-state index contributed by atoms with van der Waals surface area (Å²) >= 11 is 0. The Kier molecular flexibility index (Phi) is 3.99. The van der Waals surface area contributed by atoms with Crippen LogP contribution in [0.3, 0.4) is 0 Å². The molecule has 0 aliphatic heterocycles. The van der Waals surface area contributed by atoms with Gasteiger partial charge in [0.15, 0.2) is 0 Å². The molecule has 4 heteroatoms. The molecule has 0 amide bonds. The van der Waals surface area contributed by atoms with E-state index in [-0.39, 0.29) is 29.6 Å². The minimum Gasteiger partial charge on any atom is -1.00 e. The number of quaternary nitrogens is 1. The third kappa shape index (κ3) is 2.87. The van der Waals surface area contributed by atoms with Gasteiger partial charge in [-0.2, -0.15) is 0 Å². The normalized spacial score (nSPS) is 11.3. The molecule has 0 radical (unpaired) electrons. The third-order valence-corrected chi connectivity index (χ3v) is 2.71. The summed E-state index contributed by atoms with van der Waals surface area (Å²) in [6, 6.07) is 7.53. The van der Waals surface area contributed by atoms with E-state index in [1.54, 1.807) is 0 Å². The van der Waals surface area contributed by atoms with Crippen molar-refractivity contribution in [1.82, 2.24) is 4.48 Å². The van der Waals surface area contributed by atoms with Crippen molar-refractivity contribution in [3.05, 3.63) is 40.2 Å². The number of halogens is 1. The summed E-state index contributed by atoms with van der Waals surface area (Å²) in [5.74, 6) is 0. The maximum Gasteiger partial charge on any atom is 0.336 e. The van der Waals surface area contributed by atoms with Gasteiger partial charge in [0.05, 0.1) is 21.1 Å². The van der Waals surface area contributed by atoms with Crippen LogP contribution in [0.15, 0.2) is 33.5 Å². The lowest BCUT2D eigenvalue weighted by Gasteiger charge is -2.23. The summed E-state index contributed by atoms with van der Waals surface area (Å²) in [7, 11) is 6.24. The molecule has 92 valence electrons. The van der Waals surface area contributed by atoms with Crippen molar-refractivity contribution in [2.24, 2.45) is 0 Å². The van der Waals surface area contributed by atoms with Crippen molar-refractivity contribution >= 4 is 16.7 Å². The number of fused-ring (bicyclic) bond motifs is 1. The SMILES string of the molecule is Cc1cc(=O)oc2cc([N+](C)(C)C)ccc12.[I-]. The summed E-state index contributed by atoms with van der Waals surface area (Å²) < 4.78 is 5.91. The van der Waals surface area contributed by atoms with Gasteiger partial charge in [0.1, 0.15) is 11.3 Å². The number of hydrogen-bond acceptors (Lipinski definition) is 2. The zero-order valence-electron chi connectivity index (χ0n) is 10.5. The molecule has 1 heterocycles. The van der Waals surface area contributed by atoms with Crippen LogP contribution in [0.1, 0.15) is 5.56 Å².